The molecule has 1 aliphatic carbocycles. The van der Waals surface area contributed by atoms with Crippen molar-refractivity contribution in [2.24, 2.45) is 5.41 Å². The van der Waals surface area contributed by atoms with E-state index in [4.69, 9.17) is 5.11 Å². The second-order valence-corrected chi connectivity index (χ2v) is 6.32. The molecule has 1 nitrogen and oxygen atoms in total. The highest BCUT2D eigenvalue weighted by atomic mass is 16.2. The second kappa shape index (κ2) is 7.99. The van der Waals surface area contributed by atoms with Gasteiger partial charge in [0.05, 0.1) is 6.61 Å². The average Bonchev–Trinajstić information content (AvgIpc) is 2.37. The van der Waals surface area contributed by atoms with Crippen molar-refractivity contribution in [3.05, 3.63) is 70.9 Å². The van der Waals surface area contributed by atoms with Crippen LogP contribution in [0, 0.1) is 5.41 Å². The van der Waals surface area contributed by atoms with Crippen molar-refractivity contribution in [1.82, 2.24) is 0 Å². The summed E-state index contributed by atoms with van der Waals surface area (Å²) in [4.78, 5) is 0. The minimum atomic E-state index is 0.0921. The number of aliphatic hydroxyl groups excluding tert-OH is 1. The summed E-state index contributed by atoms with van der Waals surface area (Å²) in [6.07, 6.45) is 17.9. The molecule has 0 aromatic heterocycles. The summed E-state index contributed by atoms with van der Waals surface area (Å²) < 4.78 is 0. The molecule has 0 radical (unpaired) electrons. The number of aliphatic hydroxyl groups is 1. The van der Waals surface area contributed by atoms with Crippen molar-refractivity contribution in [3.63, 3.8) is 0 Å². The van der Waals surface area contributed by atoms with E-state index < -0.39 is 0 Å². The third-order valence-electron chi connectivity index (χ3n) is 3.79. The third-order valence-corrected chi connectivity index (χ3v) is 3.79. The van der Waals surface area contributed by atoms with Crippen LogP contribution in [0.3, 0.4) is 0 Å². The Morgan fingerprint density at radius 1 is 1.24 bits per heavy atom. The quantitative estimate of drug-likeness (QED) is 0.680. The predicted octanol–water partition coefficient (Wildman–Crippen LogP) is 5.29. The molecule has 0 bridgehead atoms. The first kappa shape index (κ1) is 17.5. The van der Waals surface area contributed by atoms with E-state index in [9.17, 15) is 0 Å². The van der Waals surface area contributed by atoms with Crippen molar-refractivity contribution < 1.29 is 5.11 Å². The fourth-order valence-electron chi connectivity index (χ4n) is 2.45. The van der Waals surface area contributed by atoms with Gasteiger partial charge in [-0.3, -0.25) is 0 Å². The molecule has 0 aromatic carbocycles. The lowest BCUT2D eigenvalue weighted by molar-refractivity contribution is 0.342. The monoisotopic (exact) mass is 284 g/mol. The molecule has 0 saturated carbocycles. The zero-order chi connectivity index (χ0) is 15.9. The van der Waals surface area contributed by atoms with Gasteiger partial charge in [-0.2, -0.15) is 0 Å². The van der Waals surface area contributed by atoms with E-state index in [-0.39, 0.29) is 12.0 Å². The van der Waals surface area contributed by atoms with Gasteiger partial charge >= 0.3 is 0 Å². The molecule has 1 N–H and O–H groups in total. The van der Waals surface area contributed by atoms with Gasteiger partial charge in [-0.05, 0) is 43.8 Å². The summed E-state index contributed by atoms with van der Waals surface area (Å²) >= 11 is 0. The van der Waals surface area contributed by atoms with Crippen LogP contribution in [0.2, 0.25) is 0 Å². The van der Waals surface area contributed by atoms with Gasteiger partial charge in [-0.15, -0.1) is 0 Å². The van der Waals surface area contributed by atoms with Gasteiger partial charge in [0.15, 0.2) is 0 Å². The van der Waals surface area contributed by atoms with E-state index in [1.165, 1.54) is 16.7 Å². The molecule has 1 rings (SSSR count). The molecule has 0 spiro atoms. The van der Waals surface area contributed by atoms with Crippen LogP contribution in [0.25, 0.3) is 0 Å². The third kappa shape index (κ3) is 5.73. The summed E-state index contributed by atoms with van der Waals surface area (Å²) in [5.74, 6) is 0. The first-order valence-corrected chi connectivity index (χ1v) is 7.55. The molecular formula is C20H28O. The average molecular weight is 284 g/mol. The lowest BCUT2D eigenvalue weighted by Gasteiger charge is -2.29. The fraction of sp³-hybridized carbons (Fsp3) is 0.400. The van der Waals surface area contributed by atoms with Crippen molar-refractivity contribution in [1.29, 1.82) is 0 Å². The number of rotatable bonds is 5. The van der Waals surface area contributed by atoms with E-state index in [1.807, 2.05) is 19.1 Å². The van der Waals surface area contributed by atoms with Crippen LogP contribution < -0.4 is 0 Å². The lowest BCUT2D eigenvalue weighted by Crippen LogP contribution is -2.16. The Labute approximate surface area is 129 Å². The molecule has 0 aromatic rings. The van der Waals surface area contributed by atoms with Crippen LogP contribution in [-0.4, -0.2) is 11.7 Å². The molecule has 114 valence electrons. The van der Waals surface area contributed by atoms with Crippen LogP contribution in [0.4, 0.5) is 0 Å². The zero-order valence-corrected chi connectivity index (χ0v) is 14.0. The highest BCUT2D eigenvalue weighted by molar-refractivity contribution is 5.42. The highest BCUT2D eigenvalue weighted by Crippen LogP contribution is 2.37. The maximum atomic E-state index is 8.80. The predicted molar refractivity (Wildman–Crippen MR) is 93.1 cm³/mol. The van der Waals surface area contributed by atoms with Crippen LogP contribution in [0.1, 0.15) is 41.0 Å². The standard InChI is InChI=1S/C20H28O/c1-16(8-6-9-17(2)13-15-21)11-12-19-18(3)10-7-14-20(19,4)5/h6-13,21H,14-15H2,1-5H3/b9-6-,12-11?,16-8+,17-13-. The summed E-state index contributed by atoms with van der Waals surface area (Å²) in [6, 6.07) is 0. The number of allylic oxidation sites excluding steroid dienone is 11. The highest BCUT2D eigenvalue weighted by Gasteiger charge is 2.23. The van der Waals surface area contributed by atoms with Gasteiger partial charge in [-0.1, -0.05) is 73.6 Å². The molecule has 0 atom stereocenters. The smallest absolute Gasteiger partial charge is 0.0617 e. The number of hydrogen-bond acceptors (Lipinski definition) is 1. The summed E-state index contributed by atoms with van der Waals surface area (Å²) in [7, 11) is 0. The maximum absolute atomic E-state index is 8.80. The van der Waals surface area contributed by atoms with Crippen LogP contribution in [0.15, 0.2) is 70.9 Å². The normalized spacial score (nSPS) is 20.1. The van der Waals surface area contributed by atoms with E-state index in [0.29, 0.717) is 0 Å². The largest absolute Gasteiger partial charge is 0.392 e. The fourth-order valence-corrected chi connectivity index (χ4v) is 2.45. The summed E-state index contributed by atoms with van der Waals surface area (Å²) in [5.41, 5.74) is 5.27. The summed E-state index contributed by atoms with van der Waals surface area (Å²) in [5, 5.41) is 8.80. The first-order valence-electron chi connectivity index (χ1n) is 7.55. The molecule has 1 aliphatic rings. The van der Waals surface area contributed by atoms with Gasteiger partial charge in [0.25, 0.3) is 0 Å². The molecule has 0 amide bonds. The minimum Gasteiger partial charge on any atom is -0.392 e. The Bertz CT molecular complexity index is 534. The van der Waals surface area contributed by atoms with Crippen LogP contribution in [-0.2, 0) is 0 Å². The van der Waals surface area contributed by atoms with E-state index in [0.717, 1.165) is 12.0 Å². The molecule has 1 heteroatoms. The molecule has 0 saturated heterocycles. The minimum absolute atomic E-state index is 0.0921. The topological polar surface area (TPSA) is 20.2 Å². The second-order valence-electron chi connectivity index (χ2n) is 6.32. The van der Waals surface area contributed by atoms with Gasteiger partial charge in [0.1, 0.15) is 0 Å². The van der Waals surface area contributed by atoms with Gasteiger partial charge < -0.3 is 5.11 Å². The van der Waals surface area contributed by atoms with E-state index in [2.05, 4.69) is 58.1 Å². The van der Waals surface area contributed by atoms with E-state index >= 15 is 0 Å². The van der Waals surface area contributed by atoms with Crippen molar-refractivity contribution in [3.8, 4) is 0 Å². The Morgan fingerprint density at radius 2 is 1.95 bits per heavy atom. The lowest BCUT2D eigenvalue weighted by atomic mass is 9.75. The summed E-state index contributed by atoms with van der Waals surface area (Å²) in [6.45, 7) is 10.9. The molecule has 21 heavy (non-hydrogen) atoms. The van der Waals surface area contributed by atoms with Crippen molar-refractivity contribution in [2.75, 3.05) is 6.61 Å². The van der Waals surface area contributed by atoms with Crippen LogP contribution in [0.5, 0.6) is 0 Å². The molecule has 0 aliphatic heterocycles. The Kier molecular flexibility index (Phi) is 6.64. The first-order chi connectivity index (χ1) is 9.86. The Morgan fingerprint density at radius 3 is 2.57 bits per heavy atom. The Balaban J connectivity index is 2.80. The van der Waals surface area contributed by atoms with Crippen LogP contribution >= 0.6 is 0 Å². The van der Waals surface area contributed by atoms with E-state index in [1.54, 1.807) is 6.08 Å². The Hall–Kier alpha value is -1.60. The molecule has 0 fully saturated rings. The molecular weight excluding hydrogens is 256 g/mol. The van der Waals surface area contributed by atoms with Gasteiger partial charge in [0.2, 0.25) is 0 Å². The van der Waals surface area contributed by atoms with Crippen molar-refractivity contribution in [2.45, 2.75) is 41.0 Å². The maximum Gasteiger partial charge on any atom is 0.0617 e. The van der Waals surface area contributed by atoms with Gasteiger partial charge in [-0.25, -0.2) is 0 Å². The van der Waals surface area contributed by atoms with Crippen molar-refractivity contribution >= 4 is 0 Å². The van der Waals surface area contributed by atoms with Gasteiger partial charge in [0, 0.05) is 0 Å². The SMILES string of the molecule is CC1=C(C=C/C(C)=C/C=C\C(C)=C/CO)C(C)(C)CC=C1. The molecule has 0 heterocycles. The number of hydrogen-bond donors (Lipinski definition) is 1. The molecule has 0 unspecified atom stereocenters. The zero-order valence-electron chi connectivity index (χ0n) is 14.0.